The normalized spacial score (nSPS) is 15.1. The van der Waals surface area contributed by atoms with Gasteiger partial charge >= 0.3 is 0 Å². The molecular formula is C21H23N5O. The first-order valence-corrected chi connectivity index (χ1v) is 9.33. The van der Waals surface area contributed by atoms with E-state index in [4.69, 9.17) is 0 Å². The molecule has 6 nitrogen and oxygen atoms in total. The molecule has 4 rings (SSSR count). The minimum absolute atomic E-state index is 0.178. The fourth-order valence-electron chi connectivity index (χ4n) is 3.40. The van der Waals surface area contributed by atoms with Gasteiger partial charge in [0.25, 0.3) is 5.91 Å². The van der Waals surface area contributed by atoms with Crippen LogP contribution in [0.1, 0.15) is 17.3 Å². The van der Waals surface area contributed by atoms with Gasteiger partial charge in [-0.3, -0.25) is 9.78 Å². The average molecular weight is 361 g/mol. The summed E-state index contributed by atoms with van der Waals surface area (Å²) < 4.78 is 0. The number of pyridine rings is 2. The number of para-hydroxylation sites is 1. The maximum atomic E-state index is 12.6. The molecule has 6 heteroatoms. The first-order valence-electron chi connectivity index (χ1n) is 9.33. The Labute approximate surface area is 158 Å². The van der Waals surface area contributed by atoms with Crippen molar-refractivity contribution >= 4 is 28.3 Å². The summed E-state index contributed by atoms with van der Waals surface area (Å²) in [6, 6.07) is 13.4. The Morgan fingerprint density at radius 1 is 1.04 bits per heavy atom. The highest BCUT2D eigenvalue weighted by molar-refractivity contribution is 6.08. The van der Waals surface area contributed by atoms with Crippen molar-refractivity contribution in [3.63, 3.8) is 0 Å². The van der Waals surface area contributed by atoms with Gasteiger partial charge in [0, 0.05) is 44.0 Å². The number of rotatable bonds is 4. The Morgan fingerprint density at radius 2 is 1.85 bits per heavy atom. The molecule has 1 aliphatic heterocycles. The standard InChI is InChI=1S/C21H23N5O/c1-2-25-11-13-26(14-12-25)19-9-8-17(15-23-19)21(27)24-18-7-3-5-16-6-4-10-22-20(16)18/h3-10,15H,2,11-14H2,1H3,(H,24,27). The molecular weight excluding hydrogens is 338 g/mol. The molecule has 3 heterocycles. The molecule has 0 aliphatic carbocycles. The molecule has 1 aliphatic rings. The maximum absolute atomic E-state index is 12.6. The van der Waals surface area contributed by atoms with Crippen LogP contribution in [0.5, 0.6) is 0 Å². The second kappa shape index (κ2) is 7.72. The van der Waals surface area contributed by atoms with Crippen molar-refractivity contribution in [2.45, 2.75) is 6.92 Å². The van der Waals surface area contributed by atoms with Gasteiger partial charge in [-0.15, -0.1) is 0 Å². The quantitative estimate of drug-likeness (QED) is 0.774. The number of nitrogens with zero attached hydrogens (tertiary/aromatic N) is 4. The molecule has 0 bridgehead atoms. The topological polar surface area (TPSA) is 61.4 Å². The number of hydrogen-bond donors (Lipinski definition) is 1. The van der Waals surface area contributed by atoms with Crippen molar-refractivity contribution in [2.24, 2.45) is 0 Å². The van der Waals surface area contributed by atoms with Crippen molar-refractivity contribution < 1.29 is 4.79 Å². The summed E-state index contributed by atoms with van der Waals surface area (Å²) in [4.78, 5) is 26.2. The van der Waals surface area contributed by atoms with Crippen LogP contribution in [0.2, 0.25) is 0 Å². The van der Waals surface area contributed by atoms with E-state index in [9.17, 15) is 4.79 Å². The summed E-state index contributed by atoms with van der Waals surface area (Å²) in [5, 5.41) is 3.95. The molecule has 138 valence electrons. The Bertz CT molecular complexity index is 927. The molecule has 0 radical (unpaired) electrons. The van der Waals surface area contributed by atoms with Crippen molar-refractivity contribution in [1.29, 1.82) is 0 Å². The van der Waals surface area contributed by atoms with E-state index in [2.05, 4.69) is 32.0 Å². The molecule has 0 spiro atoms. The number of benzene rings is 1. The van der Waals surface area contributed by atoms with E-state index < -0.39 is 0 Å². The van der Waals surface area contributed by atoms with Crippen LogP contribution in [-0.2, 0) is 0 Å². The van der Waals surface area contributed by atoms with Gasteiger partial charge in [-0.1, -0.05) is 25.1 Å². The number of aromatic nitrogens is 2. The number of piperazine rings is 1. The Balaban J connectivity index is 1.46. The Kier molecular flexibility index (Phi) is 4.98. The number of likely N-dealkylation sites (N-methyl/N-ethyl adjacent to an activating group) is 1. The zero-order valence-corrected chi connectivity index (χ0v) is 15.4. The van der Waals surface area contributed by atoms with Crippen LogP contribution in [0.25, 0.3) is 10.9 Å². The predicted octanol–water partition coefficient (Wildman–Crippen LogP) is 3.02. The second-order valence-corrected chi connectivity index (χ2v) is 6.66. The van der Waals surface area contributed by atoms with Gasteiger partial charge in [-0.05, 0) is 30.8 Å². The SMILES string of the molecule is CCN1CCN(c2ccc(C(=O)Nc3cccc4cccnc34)cn2)CC1. The zero-order chi connectivity index (χ0) is 18.6. The third-order valence-electron chi connectivity index (χ3n) is 5.03. The van der Waals surface area contributed by atoms with E-state index >= 15 is 0 Å². The van der Waals surface area contributed by atoms with E-state index in [-0.39, 0.29) is 5.91 Å². The minimum atomic E-state index is -0.178. The summed E-state index contributed by atoms with van der Waals surface area (Å²) in [5.41, 5.74) is 2.03. The van der Waals surface area contributed by atoms with E-state index in [1.54, 1.807) is 12.4 Å². The maximum Gasteiger partial charge on any atom is 0.257 e. The average Bonchev–Trinajstić information content (AvgIpc) is 2.74. The van der Waals surface area contributed by atoms with Crippen LogP contribution in [-0.4, -0.2) is 53.5 Å². The van der Waals surface area contributed by atoms with Gasteiger partial charge in [0.1, 0.15) is 5.82 Å². The lowest BCUT2D eigenvalue weighted by Crippen LogP contribution is -2.46. The lowest BCUT2D eigenvalue weighted by Gasteiger charge is -2.34. The number of carbonyl (C=O) groups is 1. The summed E-state index contributed by atoms with van der Waals surface area (Å²) in [6.07, 6.45) is 3.38. The van der Waals surface area contributed by atoms with Crippen LogP contribution >= 0.6 is 0 Å². The number of nitrogens with one attached hydrogen (secondary N) is 1. The lowest BCUT2D eigenvalue weighted by atomic mass is 10.2. The van der Waals surface area contributed by atoms with Gasteiger partial charge in [-0.2, -0.15) is 0 Å². The lowest BCUT2D eigenvalue weighted by molar-refractivity contribution is 0.102. The molecule has 2 aromatic heterocycles. The number of fused-ring (bicyclic) bond motifs is 1. The first kappa shape index (κ1) is 17.4. The second-order valence-electron chi connectivity index (χ2n) is 6.66. The van der Waals surface area contributed by atoms with Gasteiger partial charge < -0.3 is 15.1 Å². The van der Waals surface area contributed by atoms with E-state index in [1.807, 2.05) is 42.5 Å². The molecule has 1 aromatic carbocycles. The molecule has 27 heavy (non-hydrogen) atoms. The Morgan fingerprint density at radius 3 is 2.59 bits per heavy atom. The van der Waals surface area contributed by atoms with Crippen LogP contribution in [0.15, 0.2) is 54.9 Å². The van der Waals surface area contributed by atoms with Crippen LogP contribution in [0.3, 0.4) is 0 Å². The zero-order valence-electron chi connectivity index (χ0n) is 15.4. The van der Waals surface area contributed by atoms with Crippen LogP contribution in [0, 0.1) is 0 Å². The van der Waals surface area contributed by atoms with Crippen LogP contribution < -0.4 is 10.2 Å². The summed E-state index contributed by atoms with van der Waals surface area (Å²) >= 11 is 0. The third-order valence-corrected chi connectivity index (χ3v) is 5.03. The fraction of sp³-hybridized carbons (Fsp3) is 0.286. The van der Waals surface area contributed by atoms with Gasteiger partial charge in [0.2, 0.25) is 0 Å². The minimum Gasteiger partial charge on any atom is -0.354 e. The molecule has 0 saturated carbocycles. The molecule has 1 fully saturated rings. The third kappa shape index (κ3) is 3.75. The number of carbonyl (C=O) groups excluding carboxylic acids is 1. The smallest absolute Gasteiger partial charge is 0.257 e. The fourth-order valence-corrected chi connectivity index (χ4v) is 3.40. The molecule has 1 saturated heterocycles. The first-order chi connectivity index (χ1) is 13.2. The number of amides is 1. The van der Waals surface area contributed by atoms with Gasteiger partial charge in [0.15, 0.2) is 0 Å². The number of hydrogen-bond acceptors (Lipinski definition) is 5. The summed E-state index contributed by atoms with van der Waals surface area (Å²) in [5.74, 6) is 0.747. The largest absolute Gasteiger partial charge is 0.354 e. The van der Waals surface area contributed by atoms with E-state index in [0.717, 1.165) is 49.4 Å². The highest BCUT2D eigenvalue weighted by atomic mass is 16.1. The molecule has 0 atom stereocenters. The van der Waals surface area contributed by atoms with Gasteiger partial charge in [-0.25, -0.2) is 4.98 Å². The summed E-state index contributed by atoms with van der Waals surface area (Å²) in [7, 11) is 0. The highest BCUT2D eigenvalue weighted by Gasteiger charge is 2.17. The highest BCUT2D eigenvalue weighted by Crippen LogP contribution is 2.21. The van der Waals surface area contributed by atoms with Crippen LogP contribution in [0.4, 0.5) is 11.5 Å². The molecule has 3 aromatic rings. The summed E-state index contributed by atoms with van der Waals surface area (Å²) in [6.45, 7) is 7.31. The van der Waals surface area contributed by atoms with E-state index in [0.29, 0.717) is 11.3 Å². The Hall–Kier alpha value is -2.99. The van der Waals surface area contributed by atoms with Crippen molar-refractivity contribution in [1.82, 2.24) is 14.9 Å². The van der Waals surface area contributed by atoms with Crippen molar-refractivity contribution in [3.8, 4) is 0 Å². The van der Waals surface area contributed by atoms with E-state index in [1.165, 1.54) is 0 Å². The van der Waals surface area contributed by atoms with Crippen molar-refractivity contribution in [3.05, 3.63) is 60.4 Å². The number of anilines is 2. The van der Waals surface area contributed by atoms with Gasteiger partial charge in [0.05, 0.1) is 16.8 Å². The van der Waals surface area contributed by atoms with Crippen molar-refractivity contribution in [2.75, 3.05) is 42.9 Å². The molecule has 1 amide bonds. The monoisotopic (exact) mass is 361 g/mol. The molecule has 1 N–H and O–H groups in total. The molecule has 0 unspecified atom stereocenters. The predicted molar refractivity (Wildman–Crippen MR) is 108 cm³/mol.